The maximum atomic E-state index is 2.47. The van der Waals surface area contributed by atoms with Gasteiger partial charge in [0.15, 0.2) is 0 Å². The van der Waals surface area contributed by atoms with Gasteiger partial charge in [-0.25, -0.2) is 0 Å². The van der Waals surface area contributed by atoms with E-state index in [1.165, 1.54) is 51.4 Å². The van der Waals surface area contributed by atoms with Crippen molar-refractivity contribution in [3.63, 3.8) is 0 Å². The molecule has 0 aliphatic heterocycles. The Morgan fingerprint density at radius 2 is 1.81 bits per heavy atom. The van der Waals surface area contributed by atoms with Crippen LogP contribution in [0.1, 0.15) is 79.1 Å². The Bertz CT molecular complexity index is 171. The van der Waals surface area contributed by atoms with E-state index in [-0.39, 0.29) is 0 Å². The molecule has 1 aliphatic rings. The SMILES string of the molecule is CCC1CCC(CCC(C)C)CCCC1C. The van der Waals surface area contributed by atoms with E-state index in [1.807, 2.05) is 0 Å². The number of hydrogen-bond donors (Lipinski definition) is 0. The van der Waals surface area contributed by atoms with Crippen LogP contribution in [-0.2, 0) is 0 Å². The third-order valence-corrected chi connectivity index (χ3v) is 4.70. The van der Waals surface area contributed by atoms with Crippen LogP contribution in [0.5, 0.6) is 0 Å². The van der Waals surface area contributed by atoms with Crippen LogP contribution in [0.25, 0.3) is 0 Å². The second-order valence-electron chi connectivity index (χ2n) is 6.49. The minimum atomic E-state index is 0.895. The van der Waals surface area contributed by atoms with Gasteiger partial charge in [0.25, 0.3) is 0 Å². The highest BCUT2D eigenvalue weighted by atomic mass is 14.3. The van der Waals surface area contributed by atoms with Gasteiger partial charge in [-0.15, -0.1) is 0 Å². The minimum absolute atomic E-state index is 0.895. The van der Waals surface area contributed by atoms with Crippen molar-refractivity contribution in [1.82, 2.24) is 0 Å². The summed E-state index contributed by atoms with van der Waals surface area (Å²) in [4.78, 5) is 0. The Balaban J connectivity index is 2.34. The first-order valence-electron chi connectivity index (χ1n) is 7.63. The molecule has 1 saturated carbocycles. The molecule has 96 valence electrons. The zero-order valence-electron chi connectivity index (χ0n) is 12.0. The lowest BCUT2D eigenvalue weighted by atomic mass is 9.77. The summed E-state index contributed by atoms with van der Waals surface area (Å²) in [7, 11) is 0. The van der Waals surface area contributed by atoms with E-state index in [1.54, 1.807) is 0 Å². The largest absolute Gasteiger partial charge is 0.0651 e. The quantitative estimate of drug-likeness (QED) is 0.577. The van der Waals surface area contributed by atoms with Gasteiger partial charge in [0.2, 0.25) is 0 Å². The molecule has 16 heavy (non-hydrogen) atoms. The Kier molecular flexibility index (Phi) is 6.46. The lowest BCUT2D eigenvalue weighted by Crippen LogP contribution is -2.17. The zero-order chi connectivity index (χ0) is 12.0. The highest BCUT2D eigenvalue weighted by molar-refractivity contribution is 4.73. The van der Waals surface area contributed by atoms with Gasteiger partial charge in [-0.1, -0.05) is 72.6 Å². The molecule has 0 amide bonds. The fraction of sp³-hybridized carbons (Fsp3) is 1.00. The van der Waals surface area contributed by atoms with Gasteiger partial charge in [0.1, 0.15) is 0 Å². The topological polar surface area (TPSA) is 0 Å². The van der Waals surface area contributed by atoms with E-state index in [0.29, 0.717) is 0 Å². The van der Waals surface area contributed by atoms with Gasteiger partial charge in [-0.2, -0.15) is 0 Å². The fourth-order valence-electron chi connectivity index (χ4n) is 3.31. The molecule has 3 unspecified atom stereocenters. The minimum Gasteiger partial charge on any atom is -0.0651 e. The van der Waals surface area contributed by atoms with Gasteiger partial charge >= 0.3 is 0 Å². The summed E-state index contributed by atoms with van der Waals surface area (Å²) >= 11 is 0. The normalized spacial score (nSPS) is 32.4. The molecule has 0 nitrogen and oxygen atoms in total. The molecule has 1 fully saturated rings. The van der Waals surface area contributed by atoms with Crippen LogP contribution < -0.4 is 0 Å². The summed E-state index contributed by atoms with van der Waals surface area (Å²) < 4.78 is 0. The lowest BCUT2D eigenvalue weighted by molar-refractivity contribution is 0.227. The van der Waals surface area contributed by atoms with Crippen LogP contribution in [-0.4, -0.2) is 0 Å². The van der Waals surface area contributed by atoms with Gasteiger partial charge in [-0.3, -0.25) is 0 Å². The molecule has 0 aromatic carbocycles. The predicted octanol–water partition coefficient (Wildman–Crippen LogP) is 5.67. The van der Waals surface area contributed by atoms with E-state index < -0.39 is 0 Å². The zero-order valence-corrected chi connectivity index (χ0v) is 12.0. The third kappa shape index (κ3) is 4.89. The highest BCUT2D eigenvalue weighted by Gasteiger charge is 2.21. The summed E-state index contributed by atoms with van der Waals surface area (Å²) in [5, 5.41) is 0. The smallest absolute Gasteiger partial charge is 0.0391 e. The second-order valence-corrected chi connectivity index (χ2v) is 6.49. The fourth-order valence-corrected chi connectivity index (χ4v) is 3.31. The van der Waals surface area contributed by atoms with Crippen LogP contribution in [0.4, 0.5) is 0 Å². The van der Waals surface area contributed by atoms with Gasteiger partial charge in [0.05, 0.1) is 0 Å². The van der Waals surface area contributed by atoms with Crippen molar-refractivity contribution in [2.75, 3.05) is 0 Å². The van der Waals surface area contributed by atoms with Gasteiger partial charge in [-0.05, 0) is 30.1 Å². The van der Waals surface area contributed by atoms with E-state index in [0.717, 1.165) is 23.7 Å². The van der Waals surface area contributed by atoms with E-state index in [2.05, 4.69) is 27.7 Å². The molecule has 0 saturated heterocycles. The first kappa shape index (κ1) is 14.1. The molecular weight excluding hydrogens is 192 g/mol. The molecule has 1 aliphatic carbocycles. The summed E-state index contributed by atoms with van der Waals surface area (Å²) in [5.41, 5.74) is 0. The van der Waals surface area contributed by atoms with Gasteiger partial charge in [0, 0.05) is 0 Å². The Labute approximate surface area is 103 Å². The van der Waals surface area contributed by atoms with Crippen molar-refractivity contribution in [2.24, 2.45) is 23.7 Å². The van der Waals surface area contributed by atoms with E-state index in [4.69, 9.17) is 0 Å². The maximum absolute atomic E-state index is 2.47. The number of rotatable bonds is 4. The van der Waals surface area contributed by atoms with Crippen LogP contribution in [0.2, 0.25) is 0 Å². The third-order valence-electron chi connectivity index (χ3n) is 4.70. The Hall–Kier alpha value is 0. The predicted molar refractivity (Wildman–Crippen MR) is 73.6 cm³/mol. The maximum Gasteiger partial charge on any atom is -0.0391 e. The first-order valence-corrected chi connectivity index (χ1v) is 7.63. The standard InChI is InChI=1S/C16H32/c1-5-16-12-11-15(10-9-13(2)3)8-6-7-14(16)4/h13-16H,5-12H2,1-4H3. The molecule has 0 aromatic rings. The Morgan fingerprint density at radius 3 is 2.44 bits per heavy atom. The first-order chi connectivity index (χ1) is 7.63. The van der Waals surface area contributed by atoms with Crippen LogP contribution in [0, 0.1) is 23.7 Å². The van der Waals surface area contributed by atoms with Crippen LogP contribution in [0.3, 0.4) is 0 Å². The summed E-state index contributed by atoms with van der Waals surface area (Å²) in [6.45, 7) is 9.58. The van der Waals surface area contributed by atoms with Crippen LogP contribution in [0.15, 0.2) is 0 Å². The van der Waals surface area contributed by atoms with Gasteiger partial charge < -0.3 is 0 Å². The summed E-state index contributed by atoms with van der Waals surface area (Å²) in [5.74, 6) is 3.94. The van der Waals surface area contributed by atoms with Crippen molar-refractivity contribution < 1.29 is 0 Å². The average Bonchev–Trinajstić information content (AvgIpc) is 2.22. The highest BCUT2D eigenvalue weighted by Crippen LogP contribution is 2.34. The molecule has 0 bridgehead atoms. The monoisotopic (exact) mass is 224 g/mol. The lowest BCUT2D eigenvalue weighted by Gasteiger charge is -2.29. The molecule has 0 spiro atoms. The van der Waals surface area contributed by atoms with E-state index in [9.17, 15) is 0 Å². The average molecular weight is 224 g/mol. The Morgan fingerprint density at radius 1 is 1.06 bits per heavy atom. The molecule has 0 heterocycles. The molecule has 0 radical (unpaired) electrons. The van der Waals surface area contributed by atoms with Crippen molar-refractivity contribution in [3.8, 4) is 0 Å². The summed E-state index contributed by atoms with van der Waals surface area (Å²) in [6, 6.07) is 0. The molecule has 1 rings (SSSR count). The molecule has 0 aromatic heterocycles. The molecule has 0 heteroatoms. The molecule has 0 N–H and O–H groups in total. The van der Waals surface area contributed by atoms with E-state index >= 15 is 0 Å². The molecule has 3 atom stereocenters. The van der Waals surface area contributed by atoms with Crippen LogP contribution >= 0.6 is 0 Å². The van der Waals surface area contributed by atoms with Crippen molar-refractivity contribution in [3.05, 3.63) is 0 Å². The van der Waals surface area contributed by atoms with Crippen molar-refractivity contribution >= 4 is 0 Å². The van der Waals surface area contributed by atoms with Crippen molar-refractivity contribution in [2.45, 2.75) is 79.1 Å². The molecular formula is C16H32. The summed E-state index contributed by atoms with van der Waals surface area (Å²) in [6.07, 6.45) is 11.8. The number of hydrogen-bond acceptors (Lipinski definition) is 0. The second kappa shape index (κ2) is 7.35. The van der Waals surface area contributed by atoms with Crippen molar-refractivity contribution in [1.29, 1.82) is 0 Å².